The van der Waals surface area contributed by atoms with Crippen molar-refractivity contribution in [2.45, 2.75) is 0 Å². The van der Waals surface area contributed by atoms with E-state index < -0.39 is 59.5 Å². The molecule has 0 N–H and O–H groups in total. The van der Waals surface area contributed by atoms with Crippen LogP contribution in [0.15, 0.2) is 54.6 Å². The van der Waals surface area contributed by atoms with E-state index in [9.17, 15) is 26.3 Å². The highest BCUT2D eigenvalue weighted by Gasteiger charge is 2.31. The summed E-state index contributed by atoms with van der Waals surface area (Å²) in [5.41, 5.74) is 0. The van der Waals surface area contributed by atoms with E-state index in [2.05, 4.69) is 0 Å². The smallest absolute Gasteiger partial charge is 0.489 e. The summed E-state index contributed by atoms with van der Waals surface area (Å²) in [5.74, 6) is -7.12. The Labute approximate surface area is 155 Å². The molecule has 0 bridgehead atoms. The molecule has 0 unspecified atom stereocenters. The molecular formula is C18H9BF6O3. The van der Waals surface area contributed by atoms with Gasteiger partial charge in [-0.15, -0.1) is 0 Å². The minimum Gasteiger partial charge on any atom is -0.489 e. The molecule has 3 aromatic rings. The van der Waals surface area contributed by atoms with Gasteiger partial charge >= 0.3 is 7.32 Å². The molecule has 0 aromatic heterocycles. The van der Waals surface area contributed by atoms with E-state index in [1.165, 1.54) is 0 Å². The molecule has 0 saturated carbocycles. The van der Waals surface area contributed by atoms with Crippen LogP contribution in [0.4, 0.5) is 26.3 Å². The largest absolute Gasteiger partial charge is 0.864 e. The van der Waals surface area contributed by atoms with Gasteiger partial charge in [-0.3, -0.25) is 0 Å². The number of hydrogen-bond acceptors (Lipinski definition) is 3. The van der Waals surface area contributed by atoms with Gasteiger partial charge in [0.25, 0.3) is 0 Å². The van der Waals surface area contributed by atoms with Crippen LogP contribution in [-0.4, -0.2) is 7.32 Å². The predicted octanol–water partition coefficient (Wildman–Crippen LogP) is 5.04. The zero-order valence-electron chi connectivity index (χ0n) is 13.8. The average Bonchev–Trinajstić information content (AvgIpc) is 2.51. The Morgan fingerprint density at radius 2 is 0.607 bits per heavy atom. The summed E-state index contributed by atoms with van der Waals surface area (Å²) in [6, 6.07) is 6.40. The lowest BCUT2D eigenvalue weighted by Gasteiger charge is -2.17. The van der Waals surface area contributed by atoms with Gasteiger partial charge in [-0.25, -0.2) is 26.3 Å². The highest BCUT2D eigenvalue weighted by Crippen LogP contribution is 2.22. The van der Waals surface area contributed by atoms with Crippen molar-refractivity contribution in [2.24, 2.45) is 0 Å². The van der Waals surface area contributed by atoms with Crippen molar-refractivity contribution in [1.29, 1.82) is 0 Å². The van der Waals surface area contributed by atoms with Gasteiger partial charge in [0.05, 0.1) is 0 Å². The predicted molar refractivity (Wildman–Crippen MR) is 86.7 cm³/mol. The summed E-state index contributed by atoms with van der Waals surface area (Å²) >= 11 is 0. The van der Waals surface area contributed by atoms with Gasteiger partial charge in [0, 0.05) is 54.6 Å². The quantitative estimate of drug-likeness (QED) is 0.430. The summed E-state index contributed by atoms with van der Waals surface area (Å²) in [4.78, 5) is 0. The van der Waals surface area contributed by atoms with E-state index in [4.69, 9.17) is 14.0 Å². The van der Waals surface area contributed by atoms with Crippen molar-refractivity contribution in [1.82, 2.24) is 0 Å². The second-order valence-electron chi connectivity index (χ2n) is 5.46. The van der Waals surface area contributed by atoms with Gasteiger partial charge in [-0.05, 0) is 0 Å². The fourth-order valence-corrected chi connectivity index (χ4v) is 2.20. The molecule has 0 aliphatic heterocycles. The van der Waals surface area contributed by atoms with Crippen LogP contribution < -0.4 is 14.0 Å². The third-order valence-electron chi connectivity index (χ3n) is 3.21. The highest BCUT2D eigenvalue weighted by atomic mass is 19.2. The van der Waals surface area contributed by atoms with Crippen molar-refractivity contribution < 1.29 is 40.3 Å². The Morgan fingerprint density at radius 3 is 0.821 bits per heavy atom. The first kappa shape index (κ1) is 19.5. The zero-order valence-corrected chi connectivity index (χ0v) is 13.8. The molecule has 0 radical (unpaired) electrons. The van der Waals surface area contributed by atoms with Crippen LogP contribution in [0.5, 0.6) is 17.2 Å². The first-order valence-corrected chi connectivity index (χ1v) is 7.65. The minimum absolute atomic E-state index is 0.406. The number of hydrogen-bond donors (Lipinski definition) is 0. The fraction of sp³-hybridized carbons (Fsp3) is 0. The molecule has 3 aromatic carbocycles. The van der Waals surface area contributed by atoms with E-state index in [-0.39, 0.29) is 0 Å². The lowest BCUT2D eigenvalue weighted by atomic mass is 10.2. The number of rotatable bonds is 6. The molecule has 0 heterocycles. The Bertz CT molecular complexity index is 813. The number of benzene rings is 3. The van der Waals surface area contributed by atoms with E-state index in [1.54, 1.807) is 0 Å². The molecule has 3 rings (SSSR count). The Balaban J connectivity index is 1.89. The average molecular weight is 398 g/mol. The number of halogens is 6. The van der Waals surface area contributed by atoms with Gasteiger partial charge in [-0.1, -0.05) is 0 Å². The second kappa shape index (κ2) is 8.16. The lowest BCUT2D eigenvalue weighted by molar-refractivity contribution is 0.303. The molecule has 0 saturated heterocycles. The summed E-state index contributed by atoms with van der Waals surface area (Å²) in [7, 11) is -1.90. The second-order valence-corrected chi connectivity index (χ2v) is 5.46. The van der Waals surface area contributed by atoms with Crippen LogP contribution in [0.1, 0.15) is 0 Å². The van der Waals surface area contributed by atoms with Crippen molar-refractivity contribution in [3.63, 3.8) is 0 Å². The van der Waals surface area contributed by atoms with Crippen molar-refractivity contribution in [3.05, 3.63) is 89.5 Å². The Hall–Kier alpha value is -3.30. The first-order chi connectivity index (χ1) is 13.3. The van der Waals surface area contributed by atoms with Gasteiger partial charge in [0.15, 0.2) is 0 Å². The van der Waals surface area contributed by atoms with Crippen LogP contribution >= 0.6 is 0 Å². The van der Waals surface area contributed by atoms with Crippen LogP contribution in [0.25, 0.3) is 0 Å². The third-order valence-corrected chi connectivity index (χ3v) is 3.21. The lowest BCUT2D eigenvalue weighted by Crippen LogP contribution is -2.37. The Morgan fingerprint density at radius 1 is 0.393 bits per heavy atom. The molecule has 0 atom stereocenters. The van der Waals surface area contributed by atoms with E-state index in [0.29, 0.717) is 18.2 Å². The Kier molecular flexibility index (Phi) is 5.67. The summed E-state index contributed by atoms with van der Waals surface area (Å²) in [6.45, 7) is 0. The minimum atomic E-state index is -1.90. The summed E-state index contributed by atoms with van der Waals surface area (Å²) in [6.07, 6.45) is 0. The van der Waals surface area contributed by atoms with E-state index in [0.717, 1.165) is 36.4 Å². The van der Waals surface area contributed by atoms with Crippen molar-refractivity contribution in [2.75, 3.05) is 0 Å². The summed E-state index contributed by atoms with van der Waals surface area (Å²) < 4.78 is 95.5. The van der Waals surface area contributed by atoms with Crippen LogP contribution in [0, 0.1) is 34.9 Å². The first-order valence-electron chi connectivity index (χ1n) is 7.65. The molecule has 0 spiro atoms. The van der Waals surface area contributed by atoms with E-state index >= 15 is 0 Å². The van der Waals surface area contributed by atoms with Crippen LogP contribution in [0.3, 0.4) is 0 Å². The molecule has 0 aliphatic carbocycles. The van der Waals surface area contributed by atoms with Gasteiger partial charge < -0.3 is 14.0 Å². The van der Waals surface area contributed by atoms with Crippen LogP contribution in [0.2, 0.25) is 0 Å². The molecule has 28 heavy (non-hydrogen) atoms. The third kappa shape index (κ3) is 5.35. The standard InChI is InChI=1S/C18H9BF6O3/c20-10-1-11(21)5-16(4-10)26-19(27-17-6-12(22)2-13(23)7-17)28-18-8-14(24)3-15(25)9-18/h1-9H. The normalized spacial score (nSPS) is 10.5. The maximum absolute atomic E-state index is 13.3. The topological polar surface area (TPSA) is 27.7 Å². The molecular weight excluding hydrogens is 389 g/mol. The van der Waals surface area contributed by atoms with Crippen molar-refractivity contribution >= 4 is 7.32 Å². The fourth-order valence-electron chi connectivity index (χ4n) is 2.20. The molecule has 3 nitrogen and oxygen atoms in total. The van der Waals surface area contributed by atoms with Gasteiger partial charge in [0.1, 0.15) is 52.2 Å². The van der Waals surface area contributed by atoms with Crippen LogP contribution in [-0.2, 0) is 0 Å². The molecule has 0 fully saturated rings. The molecule has 10 heteroatoms. The summed E-state index contributed by atoms with van der Waals surface area (Å²) in [5, 5.41) is 0. The van der Waals surface area contributed by atoms with Gasteiger partial charge in [-0.2, -0.15) is 0 Å². The maximum atomic E-state index is 13.3. The molecule has 0 amide bonds. The van der Waals surface area contributed by atoms with E-state index in [1.807, 2.05) is 0 Å². The van der Waals surface area contributed by atoms with Crippen molar-refractivity contribution in [3.8, 4) is 17.2 Å². The highest BCUT2D eigenvalue weighted by molar-refractivity contribution is 6.39. The SMILES string of the molecule is Fc1cc(F)cc(OB(Oc2cc(F)cc(F)c2)Oc2cc(F)cc(F)c2)c1. The zero-order chi connectivity index (χ0) is 20.3. The maximum Gasteiger partial charge on any atom is 0.864 e. The van der Waals surface area contributed by atoms with Gasteiger partial charge in [0.2, 0.25) is 0 Å². The molecule has 144 valence electrons. The molecule has 0 aliphatic rings. The monoisotopic (exact) mass is 398 g/mol.